The van der Waals surface area contributed by atoms with E-state index < -0.39 is 0 Å². The molecule has 1 saturated heterocycles. The number of hydrogen-bond acceptors (Lipinski definition) is 6. The zero-order chi connectivity index (χ0) is 14.7. The first kappa shape index (κ1) is 14.1. The standard InChI is InChI=1S/C15H21N5O/c1-3-4-15(5-7-16-8-6-15)14-19-13(20-21-14)12-17-9-11(2)10-18-12/h9-10,16H,3-8H2,1-2H3. The van der Waals surface area contributed by atoms with Crippen LogP contribution in [0.2, 0.25) is 0 Å². The number of piperidine rings is 1. The monoisotopic (exact) mass is 287 g/mol. The predicted octanol–water partition coefficient (Wildman–Crippen LogP) is 2.26. The lowest BCUT2D eigenvalue weighted by Gasteiger charge is -2.34. The van der Waals surface area contributed by atoms with Crippen molar-refractivity contribution in [2.24, 2.45) is 0 Å². The minimum atomic E-state index is 0.00987. The Morgan fingerprint density at radius 2 is 1.90 bits per heavy atom. The second-order valence-corrected chi connectivity index (χ2v) is 5.79. The van der Waals surface area contributed by atoms with Crippen LogP contribution in [0.15, 0.2) is 16.9 Å². The van der Waals surface area contributed by atoms with Gasteiger partial charge in [0.25, 0.3) is 0 Å². The normalized spacial score (nSPS) is 17.8. The minimum absolute atomic E-state index is 0.00987. The van der Waals surface area contributed by atoms with Crippen molar-refractivity contribution in [3.8, 4) is 11.6 Å². The first-order chi connectivity index (χ1) is 10.2. The molecule has 1 fully saturated rings. The lowest BCUT2D eigenvalue weighted by Crippen LogP contribution is -2.40. The molecule has 0 aromatic carbocycles. The van der Waals surface area contributed by atoms with Crippen molar-refractivity contribution < 1.29 is 4.52 Å². The van der Waals surface area contributed by atoms with E-state index in [0.29, 0.717) is 11.6 Å². The second-order valence-electron chi connectivity index (χ2n) is 5.79. The number of rotatable bonds is 4. The van der Waals surface area contributed by atoms with Gasteiger partial charge in [-0.15, -0.1) is 0 Å². The molecule has 2 aromatic rings. The highest BCUT2D eigenvalue weighted by atomic mass is 16.5. The van der Waals surface area contributed by atoms with Gasteiger partial charge in [0.15, 0.2) is 0 Å². The molecule has 1 aliphatic rings. The van der Waals surface area contributed by atoms with E-state index in [1.165, 1.54) is 0 Å². The maximum atomic E-state index is 5.58. The third kappa shape index (κ3) is 2.81. The quantitative estimate of drug-likeness (QED) is 0.929. The van der Waals surface area contributed by atoms with Crippen LogP contribution in [0.5, 0.6) is 0 Å². The molecule has 3 heterocycles. The van der Waals surface area contributed by atoms with E-state index in [1.54, 1.807) is 12.4 Å². The topological polar surface area (TPSA) is 76.7 Å². The van der Waals surface area contributed by atoms with Crippen LogP contribution in [0.1, 0.15) is 44.1 Å². The van der Waals surface area contributed by atoms with Gasteiger partial charge in [-0.25, -0.2) is 9.97 Å². The number of hydrogen-bond donors (Lipinski definition) is 1. The van der Waals surface area contributed by atoms with E-state index in [4.69, 9.17) is 4.52 Å². The Morgan fingerprint density at radius 3 is 2.57 bits per heavy atom. The van der Waals surface area contributed by atoms with E-state index in [2.05, 4.69) is 32.3 Å². The fraction of sp³-hybridized carbons (Fsp3) is 0.600. The third-order valence-corrected chi connectivity index (χ3v) is 4.15. The molecule has 112 valence electrons. The van der Waals surface area contributed by atoms with Gasteiger partial charge in [-0.3, -0.25) is 0 Å². The van der Waals surface area contributed by atoms with Crippen LogP contribution in [0.25, 0.3) is 11.6 Å². The average Bonchev–Trinajstić information content (AvgIpc) is 3.00. The number of aromatic nitrogens is 4. The molecule has 6 heteroatoms. The Balaban J connectivity index is 1.90. The third-order valence-electron chi connectivity index (χ3n) is 4.15. The molecule has 0 amide bonds. The van der Waals surface area contributed by atoms with Crippen molar-refractivity contribution in [2.45, 2.75) is 44.9 Å². The summed E-state index contributed by atoms with van der Waals surface area (Å²) >= 11 is 0. The van der Waals surface area contributed by atoms with Gasteiger partial charge in [0, 0.05) is 12.4 Å². The summed E-state index contributed by atoms with van der Waals surface area (Å²) in [5, 5.41) is 7.48. The van der Waals surface area contributed by atoms with Crippen LogP contribution in [-0.4, -0.2) is 33.2 Å². The molecule has 0 atom stereocenters. The Bertz CT molecular complexity index is 581. The molecule has 1 aliphatic heterocycles. The summed E-state index contributed by atoms with van der Waals surface area (Å²) in [6.45, 7) is 6.15. The van der Waals surface area contributed by atoms with Crippen LogP contribution >= 0.6 is 0 Å². The van der Waals surface area contributed by atoms with Gasteiger partial charge in [0.1, 0.15) is 0 Å². The van der Waals surface area contributed by atoms with Crippen LogP contribution in [-0.2, 0) is 5.41 Å². The predicted molar refractivity (Wildman–Crippen MR) is 78.8 cm³/mol. The molecule has 0 aliphatic carbocycles. The van der Waals surface area contributed by atoms with Gasteiger partial charge in [0.2, 0.25) is 17.5 Å². The molecule has 0 bridgehead atoms. The molecule has 0 spiro atoms. The van der Waals surface area contributed by atoms with Gasteiger partial charge in [-0.1, -0.05) is 18.5 Å². The summed E-state index contributed by atoms with van der Waals surface area (Å²) in [7, 11) is 0. The van der Waals surface area contributed by atoms with Crippen molar-refractivity contribution in [1.82, 2.24) is 25.4 Å². The number of nitrogens with one attached hydrogen (secondary N) is 1. The maximum absolute atomic E-state index is 5.58. The Morgan fingerprint density at radius 1 is 1.19 bits per heavy atom. The molecule has 1 N–H and O–H groups in total. The molecular weight excluding hydrogens is 266 g/mol. The maximum Gasteiger partial charge on any atom is 0.240 e. The summed E-state index contributed by atoms with van der Waals surface area (Å²) in [4.78, 5) is 13.1. The largest absolute Gasteiger partial charge is 0.338 e. The summed E-state index contributed by atoms with van der Waals surface area (Å²) in [5.74, 6) is 1.75. The Labute approximate surface area is 124 Å². The first-order valence-corrected chi connectivity index (χ1v) is 7.57. The first-order valence-electron chi connectivity index (χ1n) is 7.57. The SMILES string of the molecule is CCCC1(c2nc(-c3ncc(C)cn3)no2)CCNCC1. The second kappa shape index (κ2) is 5.89. The van der Waals surface area contributed by atoms with E-state index in [9.17, 15) is 0 Å². The zero-order valence-electron chi connectivity index (χ0n) is 12.6. The van der Waals surface area contributed by atoms with Crippen molar-refractivity contribution in [3.63, 3.8) is 0 Å². The van der Waals surface area contributed by atoms with E-state index in [1.807, 2.05) is 6.92 Å². The summed E-state index contributed by atoms with van der Waals surface area (Å²) < 4.78 is 5.58. The lowest BCUT2D eigenvalue weighted by molar-refractivity contribution is 0.208. The fourth-order valence-electron chi connectivity index (χ4n) is 2.99. The molecule has 6 nitrogen and oxygen atoms in total. The van der Waals surface area contributed by atoms with Crippen LogP contribution < -0.4 is 5.32 Å². The van der Waals surface area contributed by atoms with Crippen LogP contribution in [0.3, 0.4) is 0 Å². The van der Waals surface area contributed by atoms with Crippen molar-refractivity contribution in [1.29, 1.82) is 0 Å². The molecule has 2 aromatic heterocycles. The average molecular weight is 287 g/mol. The van der Waals surface area contributed by atoms with E-state index in [-0.39, 0.29) is 5.41 Å². The van der Waals surface area contributed by atoms with E-state index >= 15 is 0 Å². The van der Waals surface area contributed by atoms with Crippen molar-refractivity contribution in [2.75, 3.05) is 13.1 Å². The molecule has 0 unspecified atom stereocenters. The van der Waals surface area contributed by atoms with Gasteiger partial charge in [-0.2, -0.15) is 4.98 Å². The molecular formula is C15H21N5O. The zero-order valence-corrected chi connectivity index (χ0v) is 12.6. The van der Waals surface area contributed by atoms with Crippen molar-refractivity contribution >= 4 is 0 Å². The van der Waals surface area contributed by atoms with Gasteiger partial charge >= 0.3 is 0 Å². The van der Waals surface area contributed by atoms with Crippen LogP contribution in [0, 0.1) is 6.92 Å². The molecule has 0 saturated carbocycles. The van der Waals surface area contributed by atoms with Gasteiger partial charge < -0.3 is 9.84 Å². The number of aryl methyl sites for hydroxylation is 1. The van der Waals surface area contributed by atoms with Gasteiger partial charge in [-0.05, 0) is 44.8 Å². The fourth-order valence-corrected chi connectivity index (χ4v) is 2.99. The highest BCUT2D eigenvalue weighted by molar-refractivity contribution is 5.41. The Hall–Kier alpha value is -1.82. The lowest BCUT2D eigenvalue weighted by atomic mass is 9.75. The Kier molecular flexibility index (Phi) is 3.96. The highest BCUT2D eigenvalue weighted by Crippen LogP contribution is 2.37. The molecule has 0 radical (unpaired) electrons. The molecule has 3 rings (SSSR count). The highest BCUT2D eigenvalue weighted by Gasteiger charge is 2.38. The summed E-state index contributed by atoms with van der Waals surface area (Å²) in [6.07, 6.45) is 7.80. The van der Waals surface area contributed by atoms with Gasteiger partial charge in [0.05, 0.1) is 5.41 Å². The number of nitrogens with zero attached hydrogens (tertiary/aromatic N) is 4. The minimum Gasteiger partial charge on any atom is -0.338 e. The van der Waals surface area contributed by atoms with E-state index in [0.717, 1.165) is 50.2 Å². The smallest absolute Gasteiger partial charge is 0.240 e. The van der Waals surface area contributed by atoms with Crippen LogP contribution in [0.4, 0.5) is 0 Å². The molecule has 21 heavy (non-hydrogen) atoms. The summed E-state index contributed by atoms with van der Waals surface area (Å²) in [5.41, 5.74) is 1.03. The van der Waals surface area contributed by atoms with Crippen molar-refractivity contribution in [3.05, 3.63) is 23.8 Å². The summed E-state index contributed by atoms with van der Waals surface area (Å²) in [6, 6.07) is 0.